The standard InChI is InChI=1S/C13H17N3O4/c1-2-3-4-5-6-12(17)15-13(18)11-8-7-10(9-14-11)16(19)20/h7-9H,2-6H2,1H3,(H,15,17,18). The van der Waals surface area contributed by atoms with Crippen molar-refractivity contribution in [2.24, 2.45) is 0 Å². The molecule has 0 saturated heterocycles. The first-order chi connectivity index (χ1) is 9.54. The van der Waals surface area contributed by atoms with Gasteiger partial charge in [0.05, 0.1) is 4.92 Å². The highest BCUT2D eigenvalue weighted by Crippen LogP contribution is 2.09. The lowest BCUT2D eigenvalue weighted by atomic mass is 10.1. The Hall–Kier alpha value is -2.31. The van der Waals surface area contributed by atoms with E-state index in [2.05, 4.69) is 17.2 Å². The Kier molecular flexibility index (Phi) is 6.28. The molecule has 108 valence electrons. The molecule has 1 aromatic heterocycles. The van der Waals surface area contributed by atoms with Crippen LogP contribution in [0.5, 0.6) is 0 Å². The van der Waals surface area contributed by atoms with E-state index >= 15 is 0 Å². The number of hydrogen-bond donors (Lipinski definition) is 1. The zero-order valence-electron chi connectivity index (χ0n) is 11.3. The van der Waals surface area contributed by atoms with Crippen molar-refractivity contribution in [1.29, 1.82) is 0 Å². The van der Waals surface area contributed by atoms with E-state index in [0.29, 0.717) is 6.42 Å². The number of aromatic nitrogens is 1. The second kappa shape index (κ2) is 7.98. The van der Waals surface area contributed by atoms with Gasteiger partial charge in [-0.15, -0.1) is 0 Å². The molecule has 1 aromatic rings. The largest absolute Gasteiger partial charge is 0.291 e. The number of nitrogens with zero attached hydrogens (tertiary/aromatic N) is 2. The van der Waals surface area contributed by atoms with Crippen molar-refractivity contribution in [3.05, 3.63) is 34.1 Å². The normalized spacial score (nSPS) is 10.1. The van der Waals surface area contributed by atoms with Gasteiger partial charge < -0.3 is 0 Å². The molecule has 0 bridgehead atoms. The fourth-order valence-corrected chi connectivity index (χ4v) is 1.59. The Labute approximate surface area is 116 Å². The maximum Gasteiger partial charge on any atom is 0.287 e. The van der Waals surface area contributed by atoms with Crippen molar-refractivity contribution in [2.75, 3.05) is 0 Å². The van der Waals surface area contributed by atoms with Gasteiger partial charge in [0.15, 0.2) is 0 Å². The van der Waals surface area contributed by atoms with E-state index in [-0.39, 0.29) is 17.3 Å². The van der Waals surface area contributed by atoms with Gasteiger partial charge in [0.1, 0.15) is 11.9 Å². The van der Waals surface area contributed by atoms with Crippen LogP contribution in [0.15, 0.2) is 18.3 Å². The lowest BCUT2D eigenvalue weighted by molar-refractivity contribution is -0.385. The van der Waals surface area contributed by atoms with Crippen LogP contribution < -0.4 is 5.32 Å². The number of rotatable bonds is 7. The lowest BCUT2D eigenvalue weighted by Crippen LogP contribution is -2.30. The fraction of sp³-hybridized carbons (Fsp3) is 0.462. The van der Waals surface area contributed by atoms with E-state index in [4.69, 9.17) is 0 Å². The molecule has 0 fully saturated rings. The molecule has 2 amide bonds. The summed E-state index contributed by atoms with van der Waals surface area (Å²) < 4.78 is 0. The number of amides is 2. The molecule has 0 aromatic carbocycles. The summed E-state index contributed by atoms with van der Waals surface area (Å²) in [6.45, 7) is 2.07. The second-order valence-electron chi connectivity index (χ2n) is 4.35. The summed E-state index contributed by atoms with van der Waals surface area (Å²) in [5.41, 5.74) is -0.218. The summed E-state index contributed by atoms with van der Waals surface area (Å²) in [6.07, 6.45) is 5.10. The number of imide groups is 1. The predicted molar refractivity (Wildman–Crippen MR) is 72.1 cm³/mol. The van der Waals surface area contributed by atoms with E-state index < -0.39 is 10.8 Å². The smallest absolute Gasteiger partial charge is 0.287 e. The molecule has 1 rings (SSSR count). The molecule has 20 heavy (non-hydrogen) atoms. The van der Waals surface area contributed by atoms with Gasteiger partial charge in [-0.05, 0) is 12.5 Å². The van der Waals surface area contributed by atoms with Crippen LogP contribution in [0.1, 0.15) is 49.5 Å². The maximum absolute atomic E-state index is 11.7. The van der Waals surface area contributed by atoms with Gasteiger partial charge in [-0.3, -0.25) is 25.0 Å². The quantitative estimate of drug-likeness (QED) is 0.468. The van der Waals surface area contributed by atoms with Gasteiger partial charge in [-0.25, -0.2) is 4.98 Å². The minimum atomic E-state index is -0.639. The monoisotopic (exact) mass is 279 g/mol. The molecule has 0 unspecified atom stereocenters. The molecule has 0 atom stereocenters. The molecule has 0 spiro atoms. The molecule has 1 heterocycles. The van der Waals surface area contributed by atoms with E-state index in [9.17, 15) is 19.7 Å². The Bertz CT molecular complexity index is 485. The molecule has 0 aliphatic rings. The number of carbonyl (C=O) groups excluding carboxylic acids is 2. The average Bonchev–Trinajstić information content (AvgIpc) is 2.43. The minimum absolute atomic E-state index is 0.0162. The van der Waals surface area contributed by atoms with Crippen LogP contribution in [0, 0.1) is 10.1 Å². The minimum Gasteiger partial charge on any atom is -0.291 e. The van der Waals surface area contributed by atoms with Crippen molar-refractivity contribution >= 4 is 17.5 Å². The Morgan fingerprint density at radius 2 is 2.05 bits per heavy atom. The number of hydrogen-bond acceptors (Lipinski definition) is 5. The predicted octanol–water partition coefficient (Wildman–Crippen LogP) is 2.22. The number of pyridine rings is 1. The molecular formula is C13H17N3O4. The Morgan fingerprint density at radius 3 is 2.60 bits per heavy atom. The van der Waals surface area contributed by atoms with Gasteiger partial charge in [0.25, 0.3) is 11.6 Å². The zero-order valence-corrected chi connectivity index (χ0v) is 11.3. The van der Waals surface area contributed by atoms with Crippen LogP contribution in [-0.2, 0) is 4.79 Å². The highest BCUT2D eigenvalue weighted by Gasteiger charge is 2.13. The molecule has 0 aliphatic carbocycles. The van der Waals surface area contributed by atoms with Crippen LogP contribution >= 0.6 is 0 Å². The van der Waals surface area contributed by atoms with Gasteiger partial charge in [0.2, 0.25) is 5.91 Å². The lowest BCUT2D eigenvalue weighted by Gasteiger charge is -2.03. The molecule has 7 heteroatoms. The van der Waals surface area contributed by atoms with Crippen LogP contribution in [-0.4, -0.2) is 21.7 Å². The van der Waals surface area contributed by atoms with Crippen LogP contribution in [0.2, 0.25) is 0 Å². The van der Waals surface area contributed by atoms with Crippen molar-refractivity contribution in [3.8, 4) is 0 Å². The average molecular weight is 279 g/mol. The summed E-state index contributed by atoms with van der Waals surface area (Å²) >= 11 is 0. The molecular weight excluding hydrogens is 262 g/mol. The van der Waals surface area contributed by atoms with E-state index in [1.54, 1.807) is 0 Å². The third kappa shape index (κ3) is 5.13. The number of unbranched alkanes of at least 4 members (excludes halogenated alkanes) is 3. The summed E-state index contributed by atoms with van der Waals surface area (Å²) in [7, 11) is 0. The van der Waals surface area contributed by atoms with E-state index in [1.165, 1.54) is 12.1 Å². The molecule has 7 nitrogen and oxygen atoms in total. The van der Waals surface area contributed by atoms with Gasteiger partial charge in [-0.1, -0.05) is 26.2 Å². The number of nitrogens with one attached hydrogen (secondary N) is 1. The first-order valence-corrected chi connectivity index (χ1v) is 6.49. The van der Waals surface area contributed by atoms with Crippen molar-refractivity contribution in [1.82, 2.24) is 10.3 Å². The van der Waals surface area contributed by atoms with Gasteiger partial charge in [-0.2, -0.15) is 0 Å². The van der Waals surface area contributed by atoms with Crippen molar-refractivity contribution in [2.45, 2.75) is 39.0 Å². The van der Waals surface area contributed by atoms with E-state index in [1.807, 2.05) is 0 Å². The van der Waals surface area contributed by atoms with E-state index in [0.717, 1.165) is 31.9 Å². The summed E-state index contributed by atoms with van der Waals surface area (Å²) in [5, 5.41) is 12.7. The van der Waals surface area contributed by atoms with Gasteiger partial charge in [0, 0.05) is 12.5 Å². The molecule has 0 radical (unpaired) electrons. The highest BCUT2D eigenvalue weighted by molar-refractivity contribution is 6.03. The van der Waals surface area contributed by atoms with Crippen molar-refractivity contribution < 1.29 is 14.5 Å². The van der Waals surface area contributed by atoms with Crippen LogP contribution in [0.4, 0.5) is 5.69 Å². The Morgan fingerprint density at radius 1 is 1.30 bits per heavy atom. The maximum atomic E-state index is 11.7. The Balaban J connectivity index is 2.45. The summed E-state index contributed by atoms with van der Waals surface area (Å²) in [6, 6.07) is 2.39. The first-order valence-electron chi connectivity index (χ1n) is 6.49. The summed E-state index contributed by atoms with van der Waals surface area (Å²) in [5.74, 6) is -0.994. The van der Waals surface area contributed by atoms with Gasteiger partial charge >= 0.3 is 0 Å². The number of nitro groups is 1. The molecule has 0 aliphatic heterocycles. The highest BCUT2D eigenvalue weighted by atomic mass is 16.6. The van der Waals surface area contributed by atoms with Crippen molar-refractivity contribution in [3.63, 3.8) is 0 Å². The first kappa shape index (κ1) is 15.7. The topological polar surface area (TPSA) is 102 Å². The zero-order chi connectivity index (χ0) is 15.0. The van der Waals surface area contributed by atoms with Crippen LogP contribution in [0.3, 0.4) is 0 Å². The van der Waals surface area contributed by atoms with Crippen LogP contribution in [0.25, 0.3) is 0 Å². The summed E-state index contributed by atoms with van der Waals surface area (Å²) in [4.78, 5) is 36.7. The third-order valence-corrected chi connectivity index (χ3v) is 2.70. The fourth-order valence-electron chi connectivity index (χ4n) is 1.59. The number of carbonyl (C=O) groups is 2. The third-order valence-electron chi connectivity index (χ3n) is 2.70. The second-order valence-corrected chi connectivity index (χ2v) is 4.35. The molecule has 0 saturated carbocycles. The molecule has 1 N–H and O–H groups in total. The SMILES string of the molecule is CCCCCCC(=O)NC(=O)c1ccc([N+](=O)[O-])cn1.